The predicted octanol–water partition coefficient (Wildman–Crippen LogP) is 2.08. The van der Waals surface area contributed by atoms with Gasteiger partial charge >= 0.3 is 5.63 Å². The van der Waals surface area contributed by atoms with Crippen LogP contribution in [0.2, 0.25) is 0 Å². The number of ether oxygens (including phenoxy) is 1. The number of piperazine rings is 1. The van der Waals surface area contributed by atoms with E-state index >= 15 is 0 Å². The van der Waals surface area contributed by atoms with Gasteiger partial charge in [0, 0.05) is 49.9 Å². The number of likely N-dealkylation sites (N-methyl/N-ethyl adjacent to an activating group) is 1. The molecule has 1 aromatic carbocycles. The average Bonchev–Trinajstić information content (AvgIpc) is 2.71. The molecule has 6 heteroatoms. The van der Waals surface area contributed by atoms with Crippen LogP contribution in [0.15, 0.2) is 15.3 Å². The van der Waals surface area contributed by atoms with Gasteiger partial charge in [0.2, 0.25) is 0 Å². The minimum Gasteiger partial charge on any atom is -0.422 e. The molecule has 0 aliphatic carbocycles. The number of rotatable bonds is 4. The highest BCUT2D eigenvalue weighted by atomic mass is 16.5. The maximum atomic E-state index is 12.7. The first-order valence-corrected chi connectivity index (χ1v) is 10.3. The number of anilines is 1. The molecule has 3 heterocycles. The molecular formula is C22H31N3O3. The van der Waals surface area contributed by atoms with Gasteiger partial charge in [0.15, 0.2) is 0 Å². The Balaban J connectivity index is 1.85. The highest BCUT2D eigenvalue weighted by Crippen LogP contribution is 2.35. The molecule has 0 bridgehead atoms. The Labute approximate surface area is 166 Å². The lowest BCUT2D eigenvalue weighted by molar-refractivity contribution is 0.0987. The fourth-order valence-corrected chi connectivity index (χ4v) is 4.71. The van der Waals surface area contributed by atoms with Gasteiger partial charge in [-0.15, -0.1) is 0 Å². The summed E-state index contributed by atoms with van der Waals surface area (Å²) in [4.78, 5) is 17.4. The van der Waals surface area contributed by atoms with Crippen molar-refractivity contribution in [1.82, 2.24) is 10.2 Å². The van der Waals surface area contributed by atoms with Gasteiger partial charge in [-0.25, -0.2) is 4.79 Å². The van der Waals surface area contributed by atoms with Gasteiger partial charge in [-0.3, -0.25) is 4.90 Å². The van der Waals surface area contributed by atoms with E-state index in [1.807, 2.05) is 0 Å². The van der Waals surface area contributed by atoms with Crippen LogP contribution >= 0.6 is 0 Å². The fraction of sp³-hybridized carbons (Fsp3) is 0.591. The first-order valence-electron chi connectivity index (χ1n) is 10.3. The molecule has 2 aliphatic heterocycles. The van der Waals surface area contributed by atoms with E-state index in [0.29, 0.717) is 12.6 Å². The third kappa shape index (κ3) is 3.23. The number of fused-ring (bicyclic) bond motifs is 3. The van der Waals surface area contributed by atoms with Gasteiger partial charge < -0.3 is 19.4 Å². The molecule has 1 aromatic heterocycles. The summed E-state index contributed by atoms with van der Waals surface area (Å²) in [6, 6.07) is 2.69. The molecule has 0 amide bonds. The Morgan fingerprint density at radius 2 is 2.14 bits per heavy atom. The van der Waals surface area contributed by atoms with Crippen molar-refractivity contribution < 1.29 is 9.15 Å². The Hall–Kier alpha value is -1.89. The van der Waals surface area contributed by atoms with Gasteiger partial charge in [-0.2, -0.15) is 0 Å². The summed E-state index contributed by atoms with van der Waals surface area (Å²) >= 11 is 0. The molecule has 152 valence electrons. The largest absolute Gasteiger partial charge is 0.422 e. The molecule has 0 radical (unpaired) electrons. The van der Waals surface area contributed by atoms with E-state index in [1.54, 1.807) is 7.11 Å². The number of methoxy groups -OCH3 is 1. The summed E-state index contributed by atoms with van der Waals surface area (Å²) in [5, 5.41) is 4.47. The second kappa shape index (κ2) is 7.85. The van der Waals surface area contributed by atoms with Gasteiger partial charge in [-0.05, 0) is 50.6 Å². The van der Waals surface area contributed by atoms with Crippen LogP contribution in [0.4, 0.5) is 5.69 Å². The molecule has 1 saturated heterocycles. The Morgan fingerprint density at radius 3 is 2.89 bits per heavy atom. The van der Waals surface area contributed by atoms with Crippen molar-refractivity contribution in [3.05, 3.63) is 38.7 Å². The van der Waals surface area contributed by atoms with Gasteiger partial charge in [-0.1, -0.05) is 6.92 Å². The van der Waals surface area contributed by atoms with E-state index in [2.05, 4.69) is 42.1 Å². The highest BCUT2D eigenvalue weighted by Gasteiger charge is 2.28. The molecule has 4 rings (SSSR count). The van der Waals surface area contributed by atoms with E-state index in [9.17, 15) is 4.79 Å². The van der Waals surface area contributed by atoms with Crippen LogP contribution in [0.25, 0.3) is 11.0 Å². The van der Waals surface area contributed by atoms with Crippen LogP contribution in [0.5, 0.6) is 0 Å². The van der Waals surface area contributed by atoms with Crippen molar-refractivity contribution >= 4 is 16.7 Å². The zero-order chi connectivity index (χ0) is 19.8. The normalized spacial score (nSPS) is 20.6. The van der Waals surface area contributed by atoms with Crippen molar-refractivity contribution in [3.63, 3.8) is 0 Å². The SMILES string of the molecule is CCc1cc(N2CCN(C)[C@@H](COC)C2)c(C)c2oc(=O)c3c(c12)CCNC3. The predicted molar refractivity (Wildman–Crippen MR) is 113 cm³/mol. The quantitative estimate of drug-likeness (QED) is 0.814. The minimum atomic E-state index is -0.187. The third-order valence-corrected chi connectivity index (χ3v) is 6.40. The Bertz CT molecular complexity index is 937. The number of nitrogens with zero attached hydrogens (tertiary/aromatic N) is 2. The van der Waals surface area contributed by atoms with Gasteiger partial charge in [0.25, 0.3) is 0 Å². The summed E-state index contributed by atoms with van der Waals surface area (Å²) in [5.74, 6) is 0. The van der Waals surface area contributed by atoms with Crippen LogP contribution in [0.3, 0.4) is 0 Å². The lowest BCUT2D eigenvalue weighted by atomic mass is 9.92. The van der Waals surface area contributed by atoms with Crippen molar-refractivity contribution in [2.24, 2.45) is 0 Å². The second-order valence-electron chi connectivity index (χ2n) is 8.05. The van der Waals surface area contributed by atoms with Crippen LogP contribution in [-0.4, -0.2) is 57.9 Å². The summed E-state index contributed by atoms with van der Waals surface area (Å²) in [5.41, 5.74) is 6.13. The van der Waals surface area contributed by atoms with E-state index in [0.717, 1.165) is 62.3 Å². The van der Waals surface area contributed by atoms with Crippen molar-refractivity contribution in [1.29, 1.82) is 0 Å². The smallest absolute Gasteiger partial charge is 0.341 e. The lowest BCUT2D eigenvalue weighted by Crippen LogP contribution is -2.53. The van der Waals surface area contributed by atoms with Crippen LogP contribution in [0, 0.1) is 6.92 Å². The van der Waals surface area contributed by atoms with Crippen LogP contribution < -0.4 is 15.8 Å². The maximum absolute atomic E-state index is 12.7. The minimum absolute atomic E-state index is 0.187. The molecule has 0 unspecified atom stereocenters. The standard InChI is InChI=1S/C22H31N3O3/c1-5-15-10-19(25-9-8-24(3)16(12-25)13-27-4)14(2)21-20(15)17-6-7-23-11-18(17)22(26)28-21/h10,16,23H,5-9,11-13H2,1-4H3/t16-/m1/s1. The van der Waals surface area contributed by atoms with Crippen LogP contribution in [0.1, 0.15) is 29.2 Å². The molecular weight excluding hydrogens is 354 g/mol. The topological polar surface area (TPSA) is 58.0 Å². The van der Waals surface area contributed by atoms with Crippen LogP contribution in [-0.2, 0) is 24.1 Å². The molecule has 0 spiro atoms. The Kier molecular flexibility index (Phi) is 5.45. The lowest BCUT2D eigenvalue weighted by Gasteiger charge is -2.41. The monoisotopic (exact) mass is 385 g/mol. The second-order valence-corrected chi connectivity index (χ2v) is 8.05. The zero-order valence-corrected chi connectivity index (χ0v) is 17.4. The molecule has 6 nitrogen and oxygen atoms in total. The van der Waals surface area contributed by atoms with E-state index < -0.39 is 0 Å². The third-order valence-electron chi connectivity index (χ3n) is 6.40. The molecule has 1 N–H and O–H groups in total. The molecule has 28 heavy (non-hydrogen) atoms. The zero-order valence-electron chi connectivity index (χ0n) is 17.4. The maximum Gasteiger partial charge on any atom is 0.341 e. The summed E-state index contributed by atoms with van der Waals surface area (Å²) in [6.45, 7) is 9.38. The summed E-state index contributed by atoms with van der Waals surface area (Å²) in [6.07, 6.45) is 1.81. The number of hydrogen-bond donors (Lipinski definition) is 1. The summed E-state index contributed by atoms with van der Waals surface area (Å²) in [7, 11) is 3.92. The number of aryl methyl sites for hydroxylation is 2. The molecule has 2 aliphatic rings. The first-order chi connectivity index (χ1) is 13.5. The van der Waals surface area contributed by atoms with Gasteiger partial charge in [0.1, 0.15) is 5.58 Å². The average molecular weight is 386 g/mol. The highest BCUT2D eigenvalue weighted by molar-refractivity contribution is 5.92. The molecule has 0 saturated carbocycles. The summed E-state index contributed by atoms with van der Waals surface area (Å²) < 4.78 is 11.3. The fourth-order valence-electron chi connectivity index (χ4n) is 4.71. The Morgan fingerprint density at radius 1 is 1.32 bits per heavy atom. The van der Waals surface area contributed by atoms with E-state index in [1.165, 1.54) is 22.2 Å². The van der Waals surface area contributed by atoms with E-state index in [-0.39, 0.29) is 5.63 Å². The number of hydrogen-bond acceptors (Lipinski definition) is 6. The van der Waals surface area contributed by atoms with Crippen molar-refractivity contribution in [2.45, 2.75) is 39.3 Å². The molecule has 2 aromatic rings. The number of nitrogens with one attached hydrogen (secondary N) is 1. The van der Waals surface area contributed by atoms with E-state index in [4.69, 9.17) is 9.15 Å². The van der Waals surface area contributed by atoms with Gasteiger partial charge in [0.05, 0.1) is 18.2 Å². The molecule has 1 atom stereocenters. The first kappa shape index (κ1) is 19.4. The number of benzene rings is 1. The van der Waals surface area contributed by atoms with Crippen molar-refractivity contribution in [3.8, 4) is 0 Å². The van der Waals surface area contributed by atoms with Crippen molar-refractivity contribution in [2.75, 3.05) is 51.8 Å². The molecule has 1 fully saturated rings.